The highest BCUT2D eigenvalue weighted by molar-refractivity contribution is 7.09. The van der Waals surface area contributed by atoms with E-state index in [9.17, 15) is 0 Å². The Kier molecular flexibility index (Phi) is 3.91. The maximum Gasteiger partial charge on any atom is 0.119 e. The van der Waals surface area contributed by atoms with Crippen LogP contribution < -0.4 is 5.32 Å². The molecular weight excluding hydrogens is 224 g/mol. The lowest BCUT2D eigenvalue weighted by Crippen LogP contribution is -2.26. The molecule has 90 valence electrons. The normalized spacial score (nSPS) is 17.6. The number of methoxy groups -OCH3 is 1. The smallest absolute Gasteiger partial charge is 0.119 e. The first-order chi connectivity index (χ1) is 7.78. The minimum absolute atomic E-state index is 0.172. The van der Waals surface area contributed by atoms with Gasteiger partial charge < -0.3 is 15.2 Å². The standard InChI is InChI=1S/C11H18N2O2S/c1-15-5-10-13-9(6-16-10)4-12-7-11(8-14)2-3-11/h6,12,14H,2-5,7-8H2,1H3. The Bertz CT molecular complexity index is 336. The number of rotatable bonds is 7. The molecule has 4 nitrogen and oxygen atoms in total. The molecule has 1 aromatic rings. The Morgan fingerprint density at radius 2 is 2.44 bits per heavy atom. The summed E-state index contributed by atoms with van der Waals surface area (Å²) in [7, 11) is 1.68. The summed E-state index contributed by atoms with van der Waals surface area (Å²) in [6, 6.07) is 0. The van der Waals surface area contributed by atoms with Gasteiger partial charge in [-0.05, 0) is 12.8 Å². The molecule has 1 saturated carbocycles. The fourth-order valence-electron chi connectivity index (χ4n) is 1.64. The summed E-state index contributed by atoms with van der Waals surface area (Å²) < 4.78 is 5.02. The van der Waals surface area contributed by atoms with Gasteiger partial charge in [-0.15, -0.1) is 11.3 Å². The summed E-state index contributed by atoms with van der Waals surface area (Å²) >= 11 is 1.63. The van der Waals surface area contributed by atoms with Crippen molar-refractivity contribution >= 4 is 11.3 Å². The lowest BCUT2D eigenvalue weighted by molar-refractivity contribution is 0.184. The molecule has 1 aliphatic carbocycles. The fraction of sp³-hybridized carbons (Fsp3) is 0.727. The van der Waals surface area contributed by atoms with Gasteiger partial charge in [-0.3, -0.25) is 0 Å². The lowest BCUT2D eigenvalue weighted by atomic mass is 10.1. The van der Waals surface area contributed by atoms with Gasteiger partial charge in [0, 0.05) is 37.6 Å². The van der Waals surface area contributed by atoms with Gasteiger partial charge in [-0.1, -0.05) is 0 Å². The van der Waals surface area contributed by atoms with E-state index in [-0.39, 0.29) is 5.41 Å². The third-order valence-corrected chi connectivity index (χ3v) is 3.84. The highest BCUT2D eigenvalue weighted by Crippen LogP contribution is 2.44. The maximum absolute atomic E-state index is 9.16. The van der Waals surface area contributed by atoms with E-state index in [1.807, 2.05) is 0 Å². The highest BCUT2D eigenvalue weighted by Gasteiger charge is 2.41. The highest BCUT2D eigenvalue weighted by atomic mass is 32.1. The zero-order chi connectivity index (χ0) is 11.4. The minimum atomic E-state index is 0.172. The van der Waals surface area contributed by atoms with Crippen LogP contribution in [0.2, 0.25) is 0 Å². The van der Waals surface area contributed by atoms with E-state index in [1.54, 1.807) is 18.4 Å². The maximum atomic E-state index is 9.16. The van der Waals surface area contributed by atoms with Crippen LogP contribution in [-0.4, -0.2) is 30.4 Å². The van der Waals surface area contributed by atoms with E-state index >= 15 is 0 Å². The first-order valence-electron chi connectivity index (χ1n) is 5.52. The molecule has 1 heterocycles. The van der Waals surface area contributed by atoms with Gasteiger partial charge in [0.05, 0.1) is 12.3 Å². The summed E-state index contributed by atoms with van der Waals surface area (Å²) in [5.74, 6) is 0. The van der Waals surface area contributed by atoms with Crippen LogP contribution in [0, 0.1) is 5.41 Å². The molecule has 2 N–H and O–H groups in total. The van der Waals surface area contributed by atoms with Crippen molar-refractivity contribution in [3.8, 4) is 0 Å². The zero-order valence-electron chi connectivity index (χ0n) is 9.53. The lowest BCUT2D eigenvalue weighted by Gasteiger charge is -2.11. The Morgan fingerprint density at radius 3 is 3.06 bits per heavy atom. The molecule has 5 heteroatoms. The number of hydrogen-bond acceptors (Lipinski definition) is 5. The SMILES string of the molecule is COCc1nc(CNCC2(CO)CC2)cs1. The first kappa shape index (κ1) is 12.0. The molecule has 0 aromatic carbocycles. The number of aliphatic hydroxyl groups is 1. The largest absolute Gasteiger partial charge is 0.396 e. The quantitative estimate of drug-likeness (QED) is 0.753. The number of ether oxygens (including phenoxy) is 1. The average molecular weight is 242 g/mol. The molecule has 1 fully saturated rings. The van der Waals surface area contributed by atoms with Gasteiger partial charge in [0.25, 0.3) is 0 Å². The van der Waals surface area contributed by atoms with Crippen LogP contribution in [0.25, 0.3) is 0 Å². The van der Waals surface area contributed by atoms with E-state index in [0.29, 0.717) is 13.2 Å². The van der Waals surface area contributed by atoms with Crippen molar-refractivity contribution in [3.63, 3.8) is 0 Å². The van der Waals surface area contributed by atoms with Gasteiger partial charge in [0.1, 0.15) is 5.01 Å². The first-order valence-corrected chi connectivity index (χ1v) is 6.40. The summed E-state index contributed by atoms with van der Waals surface area (Å²) in [5, 5.41) is 15.6. The van der Waals surface area contributed by atoms with Gasteiger partial charge in [-0.25, -0.2) is 4.98 Å². The van der Waals surface area contributed by atoms with Crippen LogP contribution >= 0.6 is 11.3 Å². The number of aliphatic hydroxyl groups excluding tert-OH is 1. The third-order valence-electron chi connectivity index (χ3n) is 2.97. The molecule has 1 aliphatic rings. The molecule has 1 aromatic heterocycles. The molecule has 0 atom stereocenters. The topological polar surface area (TPSA) is 54.4 Å². The van der Waals surface area contributed by atoms with Crippen LogP contribution in [0.15, 0.2) is 5.38 Å². The van der Waals surface area contributed by atoms with Gasteiger partial charge >= 0.3 is 0 Å². The Morgan fingerprint density at radius 1 is 1.62 bits per heavy atom. The molecule has 0 unspecified atom stereocenters. The Hall–Kier alpha value is -0.490. The molecule has 0 bridgehead atoms. The van der Waals surface area contributed by atoms with E-state index in [0.717, 1.165) is 36.6 Å². The number of aromatic nitrogens is 1. The van der Waals surface area contributed by atoms with Crippen LogP contribution in [0.1, 0.15) is 23.5 Å². The molecule has 0 spiro atoms. The van der Waals surface area contributed by atoms with Crippen molar-refractivity contribution in [2.75, 3.05) is 20.3 Å². The van der Waals surface area contributed by atoms with Crippen LogP contribution in [0.5, 0.6) is 0 Å². The second kappa shape index (κ2) is 5.23. The molecule has 0 aliphatic heterocycles. The monoisotopic (exact) mass is 242 g/mol. The zero-order valence-corrected chi connectivity index (χ0v) is 10.3. The van der Waals surface area contributed by atoms with E-state index in [1.165, 1.54) is 0 Å². The van der Waals surface area contributed by atoms with Crippen molar-refractivity contribution in [3.05, 3.63) is 16.1 Å². The molecule has 16 heavy (non-hydrogen) atoms. The number of hydrogen-bond donors (Lipinski definition) is 2. The summed E-state index contributed by atoms with van der Waals surface area (Å²) in [6.45, 7) is 2.56. The van der Waals surface area contributed by atoms with Gasteiger partial charge in [0.2, 0.25) is 0 Å². The minimum Gasteiger partial charge on any atom is -0.396 e. The predicted octanol–water partition coefficient (Wildman–Crippen LogP) is 1.15. The summed E-state index contributed by atoms with van der Waals surface area (Å²) in [6.07, 6.45) is 2.28. The van der Waals surface area contributed by atoms with Crippen molar-refractivity contribution in [2.45, 2.75) is 26.0 Å². The molecule has 2 rings (SSSR count). The van der Waals surface area contributed by atoms with Crippen LogP contribution in [0.3, 0.4) is 0 Å². The van der Waals surface area contributed by atoms with Crippen molar-refractivity contribution in [1.29, 1.82) is 0 Å². The van der Waals surface area contributed by atoms with E-state index in [4.69, 9.17) is 9.84 Å². The second-order valence-electron chi connectivity index (χ2n) is 4.43. The number of nitrogens with zero attached hydrogens (tertiary/aromatic N) is 1. The Balaban J connectivity index is 1.72. The number of thiazole rings is 1. The second-order valence-corrected chi connectivity index (χ2v) is 5.37. The Labute approximate surface area is 99.7 Å². The summed E-state index contributed by atoms with van der Waals surface area (Å²) in [4.78, 5) is 4.43. The van der Waals surface area contributed by atoms with Crippen molar-refractivity contribution in [2.24, 2.45) is 5.41 Å². The van der Waals surface area contributed by atoms with E-state index < -0.39 is 0 Å². The van der Waals surface area contributed by atoms with Crippen LogP contribution in [-0.2, 0) is 17.9 Å². The molecular formula is C11H18N2O2S. The van der Waals surface area contributed by atoms with Crippen molar-refractivity contribution < 1.29 is 9.84 Å². The predicted molar refractivity (Wildman–Crippen MR) is 63.3 cm³/mol. The van der Waals surface area contributed by atoms with Gasteiger partial charge in [0.15, 0.2) is 0 Å². The van der Waals surface area contributed by atoms with Crippen LogP contribution in [0.4, 0.5) is 0 Å². The number of nitrogens with one attached hydrogen (secondary N) is 1. The average Bonchev–Trinajstić information content (AvgIpc) is 2.94. The van der Waals surface area contributed by atoms with Crippen molar-refractivity contribution in [1.82, 2.24) is 10.3 Å². The molecule has 0 saturated heterocycles. The fourth-order valence-corrected chi connectivity index (χ4v) is 2.41. The molecule has 0 amide bonds. The van der Waals surface area contributed by atoms with E-state index in [2.05, 4.69) is 15.7 Å². The third kappa shape index (κ3) is 3.01. The molecule has 0 radical (unpaired) electrons. The summed E-state index contributed by atoms with van der Waals surface area (Å²) in [5.41, 5.74) is 1.23. The van der Waals surface area contributed by atoms with Gasteiger partial charge in [-0.2, -0.15) is 0 Å².